The highest BCUT2D eigenvalue weighted by Gasteiger charge is 2.17. The molecule has 1 amide bonds. The lowest BCUT2D eigenvalue weighted by molar-refractivity contribution is 0.0963. The van der Waals surface area contributed by atoms with Crippen molar-refractivity contribution in [1.29, 1.82) is 0 Å². The summed E-state index contributed by atoms with van der Waals surface area (Å²) in [6.07, 6.45) is 0. The van der Waals surface area contributed by atoms with E-state index in [1.54, 1.807) is 12.1 Å². The minimum atomic E-state index is -3.92. The Morgan fingerprint density at radius 1 is 1.09 bits per heavy atom. The van der Waals surface area contributed by atoms with Crippen molar-refractivity contribution in [2.45, 2.75) is 11.8 Å². The van der Waals surface area contributed by atoms with Crippen molar-refractivity contribution in [3.8, 4) is 0 Å². The molecule has 0 saturated heterocycles. The molecular formula is C15H15FN2O3S. The number of hydrogen-bond donors (Lipinski definition) is 2. The van der Waals surface area contributed by atoms with Gasteiger partial charge >= 0.3 is 0 Å². The van der Waals surface area contributed by atoms with Crippen LogP contribution in [-0.2, 0) is 10.0 Å². The van der Waals surface area contributed by atoms with E-state index in [-0.39, 0.29) is 16.1 Å². The normalized spacial score (nSPS) is 11.0. The number of sulfonamides is 1. The molecule has 0 aromatic heterocycles. The molecule has 0 unspecified atom stereocenters. The SMILES string of the molecule is CNC(=O)c1ccc(F)c(NS(=O)(=O)c2ccc(C)cc2)c1. The summed E-state index contributed by atoms with van der Waals surface area (Å²) in [5, 5.41) is 2.39. The van der Waals surface area contributed by atoms with Crippen LogP contribution in [0.1, 0.15) is 15.9 Å². The molecule has 0 aliphatic rings. The van der Waals surface area contributed by atoms with Crippen molar-refractivity contribution in [3.05, 3.63) is 59.4 Å². The molecule has 0 saturated carbocycles. The number of aryl methyl sites for hydroxylation is 1. The van der Waals surface area contributed by atoms with Gasteiger partial charge in [0.15, 0.2) is 0 Å². The Morgan fingerprint density at radius 3 is 2.32 bits per heavy atom. The van der Waals surface area contributed by atoms with Gasteiger partial charge in [-0.3, -0.25) is 9.52 Å². The Morgan fingerprint density at radius 2 is 1.73 bits per heavy atom. The zero-order chi connectivity index (χ0) is 16.3. The number of amides is 1. The van der Waals surface area contributed by atoms with Crippen LogP contribution >= 0.6 is 0 Å². The number of nitrogens with one attached hydrogen (secondary N) is 2. The maximum absolute atomic E-state index is 13.8. The number of benzene rings is 2. The van der Waals surface area contributed by atoms with Crippen LogP contribution in [0.25, 0.3) is 0 Å². The quantitative estimate of drug-likeness (QED) is 0.907. The Bertz CT molecular complexity index is 802. The van der Waals surface area contributed by atoms with Crippen LogP contribution in [-0.4, -0.2) is 21.4 Å². The van der Waals surface area contributed by atoms with E-state index in [1.165, 1.54) is 25.2 Å². The molecule has 22 heavy (non-hydrogen) atoms. The van der Waals surface area contributed by atoms with E-state index in [4.69, 9.17) is 0 Å². The third kappa shape index (κ3) is 3.43. The summed E-state index contributed by atoms with van der Waals surface area (Å²) in [4.78, 5) is 11.6. The first kappa shape index (κ1) is 16.0. The fourth-order valence-corrected chi connectivity index (χ4v) is 2.87. The fourth-order valence-electron chi connectivity index (χ4n) is 1.81. The first-order valence-electron chi connectivity index (χ1n) is 6.44. The number of halogens is 1. The minimum absolute atomic E-state index is 0.0165. The Balaban J connectivity index is 2.37. The number of carbonyl (C=O) groups is 1. The molecule has 116 valence electrons. The number of anilines is 1. The Labute approximate surface area is 128 Å². The van der Waals surface area contributed by atoms with Crippen molar-refractivity contribution >= 4 is 21.6 Å². The molecule has 7 heteroatoms. The van der Waals surface area contributed by atoms with Gasteiger partial charge in [-0.05, 0) is 37.3 Å². The average Bonchev–Trinajstić information content (AvgIpc) is 2.49. The summed E-state index contributed by atoms with van der Waals surface area (Å²) in [6.45, 7) is 1.83. The number of hydrogen-bond acceptors (Lipinski definition) is 3. The van der Waals surface area contributed by atoms with Gasteiger partial charge in [0, 0.05) is 12.6 Å². The second-order valence-corrected chi connectivity index (χ2v) is 6.37. The van der Waals surface area contributed by atoms with Crippen LogP contribution in [0.5, 0.6) is 0 Å². The van der Waals surface area contributed by atoms with E-state index >= 15 is 0 Å². The summed E-state index contributed by atoms with van der Waals surface area (Å²) in [5.74, 6) is -1.20. The third-order valence-corrected chi connectivity index (χ3v) is 4.41. The average molecular weight is 322 g/mol. The van der Waals surface area contributed by atoms with Crippen LogP contribution in [0.3, 0.4) is 0 Å². The predicted octanol–water partition coefficient (Wildman–Crippen LogP) is 2.29. The molecule has 0 heterocycles. The zero-order valence-corrected chi connectivity index (χ0v) is 12.9. The maximum atomic E-state index is 13.8. The lowest BCUT2D eigenvalue weighted by Crippen LogP contribution is -2.19. The monoisotopic (exact) mass is 322 g/mol. The molecule has 0 fully saturated rings. The van der Waals surface area contributed by atoms with Crippen molar-refractivity contribution in [1.82, 2.24) is 5.32 Å². The second kappa shape index (κ2) is 6.15. The smallest absolute Gasteiger partial charge is 0.261 e. The summed E-state index contributed by atoms with van der Waals surface area (Å²) >= 11 is 0. The molecule has 0 bridgehead atoms. The first-order valence-corrected chi connectivity index (χ1v) is 7.93. The van der Waals surface area contributed by atoms with Crippen LogP contribution in [0, 0.1) is 12.7 Å². The second-order valence-electron chi connectivity index (χ2n) is 4.69. The molecule has 5 nitrogen and oxygen atoms in total. The fraction of sp³-hybridized carbons (Fsp3) is 0.133. The highest BCUT2D eigenvalue weighted by atomic mass is 32.2. The highest BCUT2D eigenvalue weighted by molar-refractivity contribution is 7.92. The molecule has 2 N–H and O–H groups in total. The first-order chi connectivity index (χ1) is 10.3. The summed E-state index contributed by atoms with van der Waals surface area (Å²) < 4.78 is 40.4. The Hall–Kier alpha value is -2.41. The van der Waals surface area contributed by atoms with Crippen molar-refractivity contribution in [3.63, 3.8) is 0 Å². The van der Waals surface area contributed by atoms with E-state index in [0.29, 0.717) is 0 Å². The molecular weight excluding hydrogens is 307 g/mol. The van der Waals surface area contributed by atoms with Gasteiger partial charge in [-0.25, -0.2) is 12.8 Å². The van der Waals surface area contributed by atoms with Crippen molar-refractivity contribution < 1.29 is 17.6 Å². The van der Waals surface area contributed by atoms with E-state index in [1.807, 2.05) is 6.92 Å². The lowest BCUT2D eigenvalue weighted by atomic mass is 10.2. The zero-order valence-electron chi connectivity index (χ0n) is 12.1. The summed E-state index contributed by atoms with van der Waals surface area (Å²) in [5.41, 5.74) is 0.791. The predicted molar refractivity (Wildman–Crippen MR) is 81.8 cm³/mol. The standard InChI is InChI=1S/C15H15FN2O3S/c1-10-3-6-12(7-4-10)22(20,21)18-14-9-11(15(19)17-2)5-8-13(14)16/h3-9,18H,1-2H3,(H,17,19). The maximum Gasteiger partial charge on any atom is 0.261 e. The third-order valence-electron chi connectivity index (χ3n) is 3.03. The number of rotatable bonds is 4. The topological polar surface area (TPSA) is 75.3 Å². The van der Waals surface area contributed by atoms with Crippen molar-refractivity contribution in [2.75, 3.05) is 11.8 Å². The molecule has 2 aromatic rings. The summed E-state index contributed by atoms with van der Waals surface area (Å²) in [6, 6.07) is 9.61. The van der Waals surface area contributed by atoms with Gasteiger partial charge in [0.1, 0.15) is 5.82 Å². The van der Waals surface area contributed by atoms with Gasteiger partial charge in [-0.15, -0.1) is 0 Å². The van der Waals surface area contributed by atoms with Crippen LogP contribution in [0.4, 0.5) is 10.1 Å². The molecule has 2 rings (SSSR count). The van der Waals surface area contributed by atoms with E-state index in [0.717, 1.165) is 17.7 Å². The van der Waals surface area contributed by atoms with Crippen LogP contribution in [0.2, 0.25) is 0 Å². The lowest BCUT2D eigenvalue weighted by Gasteiger charge is -2.10. The van der Waals surface area contributed by atoms with E-state index in [9.17, 15) is 17.6 Å². The minimum Gasteiger partial charge on any atom is -0.355 e. The van der Waals surface area contributed by atoms with Crippen LogP contribution in [0.15, 0.2) is 47.4 Å². The largest absolute Gasteiger partial charge is 0.355 e. The highest BCUT2D eigenvalue weighted by Crippen LogP contribution is 2.21. The van der Waals surface area contributed by atoms with Gasteiger partial charge in [0.05, 0.1) is 10.6 Å². The van der Waals surface area contributed by atoms with Gasteiger partial charge in [0.2, 0.25) is 0 Å². The van der Waals surface area contributed by atoms with Crippen molar-refractivity contribution in [2.24, 2.45) is 0 Å². The van der Waals surface area contributed by atoms with Gasteiger partial charge in [0.25, 0.3) is 15.9 Å². The van der Waals surface area contributed by atoms with E-state index < -0.39 is 21.7 Å². The van der Waals surface area contributed by atoms with Gasteiger partial charge < -0.3 is 5.32 Å². The molecule has 0 aliphatic heterocycles. The van der Waals surface area contributed by atoms with Gasteiger partial charge in [-0.2, -0.15) is 0 Å². The van der Waals surface area contributed by atoms with Crippen LogP contribution < -0.4 is 10.0 Å². The molecule has 0 atom stereocenters. The number of carbonyl (C=O) groups excluding carboxylic acids is 1. The van der Waals surface area contributed by atoms with Gasteiger partial charge in [-0.1, -0.05) is 17.7 Å². The molecule has 2 aromatic carbocycles. The molecule has 0 spiro atoms. The summed E-state index contributed by atoms with van der Waals surface area (Å²) in [7, 11) is -2.49. The Kier molecular flexibility index (Phi) is 4.46. The molecule has 0 radical (unpaired) electrons. The van der Waals surface area contributed by atoms with E-state index in [2.05, 4.69) is 10.0 Å². The molecule has 0 aliphatic carbocycles.